The number of benzene rings is 8. The summed E-state index contributed by atoms with van der Waals surface area (Å²) in [7, 11) is 0. The number of para-hydroxylation sites is 2. The molecule has 10 rings (SSSR count). The van der Waals surface area contributed by atoms with Crippen LogP contribution in [0.25, 0.3) is 94.7 Å². The molecule has 0 saturated heterocycles. The molecule has 2 aromatic heterocycles. The summed E-state index contributed by atoms with van der Waals surface area (Å²) in [5, 5.41) is 4.80. The molecule has 0 fully saturated rings. The van der Waals surface area contributed by atoms with Crippen molar-refractivity contribution in [1.29, 1.82) is 0 Å². The Morgan fingerprint density at radius 3 is 1.49 bits per heavy atom. The molecular weight excluding hydrogens is 645 g/mol. The van der Waals surface area contributed by atoms with Crippen LogP contribution < -0.4 is 0 Å². The molecule has 0 atom stereocenters. The molecule has 0 aliphatic carbocycles. The molecule has 0 spiro atoms. The Morgan fingerprint density at radius 1 is 0.302 bits per heavy atom. The molecule has 53 heavy (non-hydrogen) atoms. The third-order valence-electron chi connectivity index (χ3n) is 10.0. The van der Waals surface area contributed by atoms with Gasteiger partial charge in [0.25, 0.3) is 0 Å². The molecule has 0 radical (unpaired) electrons. The minimum Gasteiger partial charge on any atom is -0.309 e. The summed E-state index contributed by atoms with van der Waals surface area (Å²) in [4.78, 5) is 15.0. The van der Waals surface area contributed by atoms with E-state index in [4.69, 9.17) is 15.0 Å². The van der Waals surface area contributed by atoms with Crippen molar-refractivity contribution in [2.45, 2.75) is 0 Å². The molecule has 0 bridgehead atoms. The fourth-order valence-corrected chi connectivity index (χ4v) is 7.47. The van der Waals surface area contributed by atoms with Crippen molar-refractivity contribution in [2.75, 3.05) is 0 Å². The Hall–Kier alpha value is -7.17. The van der Waals surface area contributed by atoms with Gasteiger partial charge in [-0.1, -0.05) is 152 Å². The van der Waals surface area contributed by atoms with Crippen molar-refractivity contribution in [2.24, 2.45) is 0 Å². The molecule has 0 N–H and O–H groups in total. The lowest BCUT2D eigenvalue weighted by Gasteiger charge is -2.13. The maximum Gasteiger partial charge on any atom is 0.164 e. The van der Waals surface area contributed by atoms with Gasteiger partial charge < -0.3 is 4.57 Å². The van der Waals surface area contributed by atoms with Crippen molar-refractivity contribution in [3.63, 3.8) is 0 Å². The number of hydrogen-bond acceptors (Lipinski definition) is 3. The molecule has 0 aliphatic heterocycles. The van der Waals surface area contributed by atoms with Gasteiger partial charge in [-0.05, 0) is 75.5 Å². The van der Waals surface area contributed by atoms with Crippen LogP contribution in [0.5, 0.6) is 0 Å². The predicted octanol–water partition coefficient (Wildman–Crippen LogP) is 12.5. The molecule has 0 amide bonds. The minimum atomic E-state index is 0.643. The van der Waals surface area contributed by atoms with Gasteiger partial charge in [0.2, 0.25) is 0 Å². The highest BCUT2D eigenvalue weighted by molar-refractivity contribution is 6.10. The van der Waals surface area contributed by atoms with E-state index in [0.717, 1.165) is 38.9 Å². The highest BCUT2D eigenvalue weighted by Crippen LogP contribution is 2.38. The maximum absolute atomic E-state index is 5.04. The van der Waals surface area contributed by atoms with Gasteiger partial charge in [0.1, 0.15) is 0 Å². The molecule has 0 aliphatic rings. The van der Waals surface area contributed by atoms with Crippen molar-refractivity contribution in [3.8, 4) is 62.1 Å². The second kappa shape index (κ2) is 12.9. The lowest BCUT2D eigenvalue weighted by molar-refractivity contribution is 1.07. The second-order valence-corrected chi connectivity index (χ2v) is 13.3. The fourth-order valence-electron chi connectivity index (χ4n) is 7.47. The highest BCUT2D eigenvalue weighted by atomic mass is 15.0. The van der Waals surface area contributed by atoms with Gasteiger partial charge in [-0.15, -0.1) is 0 Å². The number of fused-ring (bicyclic) bond motifs is 4. The topological polar surface area (TPSA) is 43.6 Å². The van der Waals surface area contributed by atoms with Crippen LogP contribution in [0.2, 0.25) is 0 Å². The van der Waals surface area contributed by atoms with E-state index < -0.39 is 0 Å². The second-order valence-electron chi connectivity index (χ2n) is 13.3. The van der Waals surface area contributed by atoms with Gasteiger partial charge in [-0.2, -0.15) is 0 Å². The summed E-state index contributed by atoms with van der Waals surface area (Å²) in [6, 6.07) is 68.2. The highest BCUT2D eigenvalue weighted by Gasteiger charge is 2.16. The van der Waals surface area contributed by atoms with E-state index in [-0.39, 0.29) is 0 Å². The van der Waals surface area contributed by atoms with Gasteiger partial charge in [-0.25, -0.2) is 15.0 Å². The van der Waals surface area contributed by atoms with E-state index in [9.17, 15) is 0 Å². The quantitative estimate of drug-likeness (QED) is 0.176. The van der Waals surface area contributed by atoms with Crippen LogP contribution in [0.3, 0.4) is 0 Å². The zero-order valence-corrected chi connectivity index (χ0v) is 28.8. The van der Waals surface area contributed by atoms with Crippen molar-refractivity contribution >= 4 is 32.6 Å². The summed E-state index contributed by atoms with van der Waals surface area (Å²) in [5.41, 5.74) is 11.0. The lowest BCUT2D eigenvalue weighted by atomic mass is 9.93. The predicted molar refractivity (Wildman–Crippen MR) is 219 cm³/mol. The summed E-state index contributed by atoms with van der Waals surface area (Å²) in [6.07, 6.45) is 0. The van der Waals surface area contributed by atoms with Gasteiger partial charge in [0, 0.05) is 33.2 Å². The lowest BCUT2D eigenvalue weighted by Crippen LogP contribution is -2.00. The molecule has 248 valence electrons. The average Bonchev–Trinajstić information content (AvgIpc) is 3.58. The third kappa shape index (κ3) is 5.54. The molecule has 0 unspecified atom stereocenters. The van der Waals surface area contributed by atoms with Gasteiger partial charge in [0.05, 0.1) is 11.0 Å². The summed E-state index contributed by atoms with van der Waals surface area (Å²) in [6.45, 7) is 0. The summed E-state index contributed by atoms with van der Waals surface area (Å²) >= 11 is 0. The molecule has 4 heteroatoms. The maximum atomic E-state index is 5.04. The van der Waals surface area contributed by atoms with E-state index >= 15 is 0 Å². The molecular formula is C49H32N4. The number of hydrogen-bond donors (Lipinski definition) is 0. The van der Waals surface area contributed by atoms with Crippen LogP contribution in [-0.2, 0) is 0 Å². The average molecular weight is 677 g/mol. The van der Waals surface area contributed by atoms with Crippen LogP contribution >= 0.6 is 0 Å². The standard InChI is InChI=1S/C49H32N4/c1-4-14-35(15-5-1)47-50-48(36-16-6-2-7-17-36)52-49(51-47)39-30-38-18-10-11-21-41(38)43(32-39)34-26-24-33(25-27-34)37-28-29-46-44(31-37)42-22-12-13-23-45(42)53(46)40-19-8-3-9-20-40/h1-32H. The monoisotopic (exact) mass is 676 g/mol. The molecule has 0 saturated carbocycles. The van der Waals surface area contributed by atoms with Crippen LogP contribution in [0.15, 0.2) is 194 Å². The Labute approximate surface area is 307 Å². The Kier molecular flexibility index (Phi) is 7.43. The summed E-state index contributed by atoms with van der Waals surface area (Å²) < 4.78 is 2.35. The molecule has 2 heterocycles. The zero-order valence-electron chi connectivity index (χ0n) is 28.8. The number of aromatic nitrogens is 4. The number of rotatable bonds is 6. The van der Waals surface area contributed by atoms with Crippen LogP contribution in [-0.4, -0.2) is 19.5 Å². The molecule has 10 aromatic rings. The first-order chi connectivity index (χ1) is 26.3. The zero-order chi connectivity index (χ0) is 35.1. The van der Waals surface area contributed by atoms with E-state index in [1.54, 1.807) is 0 Å². The van der Waals surface area contributed by atoms with Crippen molar-refractivity contribution in [1.82, 2.24) is 19.5 Å². The smallest absolute Gasteiger partial charge is 0.164 e. The Bertz CT molecular complexity index is 2860. The van der Waals surface area contributed by atoms with Gasteiger partial charge in [-0.3, -0.25) is 0 Å². The van der Waals surface area contributed by atoms with Crippen LogP contribution in [0.4, 0.5) is 0 Å². The molecule has 4 nitrogen and oxygen atoms in total. The van der Waals surface area contributed by atoms with E-state index in [1.165, 1.54) is 38.3 Å². The SMILES string of the molecule is c1ccc(-c2nc(-c3ccccc3)nc(-c3cc(-c4ccc(-c5ccc6c(c5)c5ccccc5n6-c5ccccc5)cc4)c4ccccc4c3)n2)cc1. The molecule has 8 aromatic carbocycles. The summed E-state index contributed by atoms with van der Waals surface area (Å²) in [5.74, 6) is 1.94. The minimum absolute atomic E-state index is 0.643. The first-order valence-corrected chi connectivity index (χ1v) is 17.9. The number of nitrogens with zero attached hydrogens (tertiary/aromatic N) is 4. The van der Waals surface area contributed by atoms with Crippen LogP contribution in [0.1, 0.15) is 0 Å². The first kappa shape index (κ1) is 30.6. The van der Waals surface area contributed by atoms with Crippen LogP contribution in [0, 0.1) is 0 Å². The van der Waals surface area contributed by atoms with E-state index in [1.807, 2.05) is 60.7 Å². The van der Waals surface area contributed by atoms with Gasteiger partial charge in [0.15, 0.2) is 17.5 Å². The largest absolute Gasteiger partial charge is 0.309 e. The van der Waals surface area contributed by atoms with E-state index in [2.05, 4.69) is 138 Å². The van der Waals surface area contributed by atoms with Crippen molar-refractivity contribution in [3.05, 3.63) is 194 Å². The first-order valence-electron chi connectivity index (χ1n) is 17.9. The third-order valence-corrected chi connectivity index (χ3v) is 10.0. The van der Waals surface area contributed by atoms with Crippen molar-refractivity contribution < 1.29 is 0 Å². The fraction of sp³-hybridized carbons (Fsp3) is 0. The van der Waals surface area contributed by atoms with E-state index in [0.29, 0.717) is 17.5 Å². The Morgan fingerprint density at radius 2 is 0.811 bits per heavy atom. The Balaban J connectivity index is 1.08. The van der Waals surface area contributed by atoms with Gasteiger partial charge >= 0.3 is 0 Å². The normalized spacial score (nSPS) is 11.4.